The van der Waals surface area contributed by atoms with Crippen molar-refractivity contribution in [2.45, 2.75) is 13.8 Å². The van der Waals surface area contributed by atoms with Gasteiger partial charge < -0.3 is 34.0 Å². The quantitative estimate of drug-likeness (QED) is 0.190. The van der Waals surface area contributed by atoms with Gasteiger partial charge in [0.1, 0.15) is 0 Å². The molecule has 184 valence electrons. The lowest BCUT2D eigenvalue weighted by Crippen LogP contribution is -2.05. The molecule has 0 radical (unpaired) electrons. The molecule has 35 heavy (non-hydrogen) atoms. The number of aryl methyl sites for hydroxylation is 1. The first-order valence-electron chi connectivity index (χ1n) is 10.6. The number of nitrogens with one attached hydrogen (secondary N) is 1. The summed E-state index contributed by atoms with van der Waals surface area (Å²) in [6.07, 6.45) is 0. The van der Waals surface area contributed by atoms with Crippen molar-refractivity contribution in [2.75, 3.05) is 34.0 Å². The SMILES string of the molecule is CC(=O)Nc1ccc(N)cc1.Cc1cccc(N)c1.Nc1ccc(Cl)cc1.Nc1ccc(N)cc1. The Labute approximate surface area is 211 Å². The number of hydrogen-bond donors (Lipinski definition) is 6. The van der Waals surface area contributed by atoms with Gasteiger partial charge >= 0.3 is 0 Å². The molecule has 7 nitrogen and oxygen atoms in total. The number of amides is 1. The van der Waals surface area contributed by atoms with Gasteiger partial charge in [0.25, 0.3) is 0 Å². The predicted molar refractivity (Wildman–Crippen MR) is 152 cm³/mol. The smallest absolute Gasteiger partial charge is 0.221 e. The van der Waals surface area contributed by atoms with Crippen LogP contribution >= 0.6 is 11.6 Å². The lowest BCUT2D eigenvalue weighted by molar-refractivity contribution is -0.114. The van der Waals surface area contributed by atoms with Crippen LogP contribution in [0.15, 0.2) is 97.1 Å². The second-order valence-corrected chi connectivity index (χ2v) is 7.87. The van der Waals surface area contributed by atoms with Crippen molar-refractivity contribution < 1.29 is 4.79 Å². The molecule has 0 aliphatic carbocycles. The third kappa shape index (κ3) is 14.4. The number of anilines is 6. The molecule has 8 heteroatoms. The van der Waals surface area contributed by atoms with Gasteiger partial charge in [-0.05, 0) is 97.4 Å². The highest BCUT2D eigenvalue weighted by atomic mass is 35.5. The molecule has 0 aliphatic heterocycles. The van der Waals surface area contributed by atoms with E-state index in [1.807, 2.05) is 31.2 Å². The molecule has 4 aromatic carbocycles. The van der Waals surface area contributed by atoms with Crippen LogP contribution in [0.1, 0.15) is 12.5 Å². The summed E-state index contributed by atoms with van der Waals surface area (Å²) in [6, 6.07) is 29.0. The van der Waals surface area contributed by atoms with Crippen LogP contribution in [0, 0.1) is 6.92 Å². The standard InChI is InChI=1S/C8H10N2O.C7H9N.C6H6ClN.C6H8N2/c1-6(11)10-8-4-2-7(9)3-5-8;1-6-3-2-4-7(8)5-6;7-5-1-3-6(8)4-2-5;7-5-1-2-6(8)4-3-5/h2-5H,9H2,1H3,(H,10,11);2-5H,8H2,1H3;1-4H,8H2;1-4H,7-8H2. The van der Waals surface area contributed by atoms with Gasteiger partial charge in [0, 0.05) is 46.1 Å². The Morgan fingerprint density at radius 1 is 0.629 bits per heavy atom. The molecule has 0 atom stereocenters. The van der Waals surface area contributed by atoms with Crippen molar-refractivity contribution in [3.8, 4) is 0 Å². The lowest BCUT2D eigenvalue weighted by Gasteiger charge is -2.00. The number of halogens is 1. The number of nitrogens with two attached hydrogens (primary N) is 5. The fourth-order valence-corrected chi connectivity index (χ4v) is 2.52. The molecule has 0 unspecified atom stereocenters. The van der Waals surface area contributed by atoms with Crippen molar-refractivity contribution >= 4 is 51.6 Å². The van der Waals surface area contributed by atoms with Crippen LogP contribution in [0.4, 0.5) is 34.1 Å². The number of rotatable bonds is 1. The molecule has 0 heterocycles. The third-order valence-electron chi connectivity index (χ3n) is 4.08. The Kier molecular flexibility index (Phi) is 12.7. The average Bonchev–Trinajstić information content (AvgIpc) is 2.80. The van der Waals surface area contributed by atoms with Crippen LogP contribution < -0.4 is 34.0 Å². The van der Waals surface area contributed by atoms with Crippen molar-refractivity contribution in [3.05, 3.63) is 108 Å². The fraction of sp³-hybridized carbons (Fsp3) is 0.0741. The highest BCUT2D eigenvalue weighted by Crippen LogP contribution is 2.10. The van der Waals surface area contributed by atoms with E-state index in [-0.39, 0.29) is 5.91 Å². The van der Waals surface area contributed by atoms with Crippen LogP contribution in [0.25, 0.3) is 0 Å². The van der Waals surface area contributed by atoms with E-state index in [1.165, 1.54) is 12.5 Å². The molecule has 4 rings (SSSR count). The summed E-state index contributed by atoms with van der Waals surface area (Å²) in [7, 11) is 0. The van der Waals surface area contributed by atoms with Gasteiger partial charge in [0.05, 0.1) is 0 Å². The monoisotopic (exact) mass is 492 g/mol. The Morgan fingerprint density at radius 2 is 1.03 bits per heavy atom. The minimum atomic E-state index is -0.0743. The van der Waals surface area contributed by atoms with Crippen molar-refractivity contribution in [1.29, 1.82) is 0 Å². The fourth-order valence-electron chi connectivity index (χ4n) is 2.40. The first-order valence-corrected chi connectivity index (χ1v) is 11.0. The number of hydrogen-bond acceptors (Lipinski definition) is 6. The molecule has 0 aromatic heterocycles. The molecule has 4 aromatic rings. The molecule has 0 bridgehead atoms. The van der Waals surface area contributed by atoms with Crippen LogP contribution in [0.2, 0.25) is 5.02 Å². The Morgan fingerprint density at radius 3 is 1.34 bits per heavy atom. The summed E-state index contributed by atoms with van der Waals surface area (Å²) < 4.78 is 0. The zero-order valence-electron chi connectivity index (χ0n) is 19.9. The van der Waals surface area contributed by atoms with Gasteiger partial charge in [0.15, 0.2) is 0 Å². The highest BCUT2D eigenvalue weighted by Gasteiger charge is 1.92. The Hall–Kier alpha value is -4.36. The van der Waals surface area contributed by atoms with E-state index in [0.29, 0.717) is 5.69 Å². The summed E-state index contributed by atoms with van der Waals surface area (Å²) in [6.45, 7) is 3.49. The zero-order valence-corrected chi connectivity index (χ0v) is 20.7. The maximum Gasteiger partial charge on any atom is 0.221 e. The van der Waals surface area contributed by atoms with Gasteiger partial charge in [-0.25, -0.2) is 0 Å². The van der Waals surface area contributed by atoms with Crippen LogP contribution in [0.5, 0.6) is 0 Å². The average molecular weight is 493 g/mol. The van der Waals surface area contributed by atoms with E-state index < -0.39 is 0 Å². The van der Waals surface area contributed by atoms with E-state index in [4.69, 9.17) is 40.3 Å². The first kappa shape index (κ1) is 28.7. The molecule has 0 fully saturated rings. The molecule has 11 N–H and O–H groups in total. The van der Waals surface area contributed by atoms with E-state index >= 15 is 0 Å². The maximum absolute atomic E-state index is 10.6. The van der Waals surface area contributed by atoms with Crippen molar-refractivity contribution in [3.63, 3.8) is 0 Å². The normalized spacial score (nSPS) is 9.11. The van der Waals surface area contributed by atoms with Gasteiger partial charge in [0.2, 0.25) is 5.91 Å². The van der Waals surface area contributed by atoms with Crippen LogP contribution in [0.3, 0.4) is 0 Å². The van der Waals surface area contributed by atoms with E-state index in [1.54, 1.807) is 72.8 Å². The lowest BCUT2D eigenvalue weighted by atomic mass is 10.2. The molecule has 0 aliphatic rings. The minimum absolute atomic E-state index is 0.0743. The van der Waals surface area contributed by atoms with Crippen molar-refractivity contribution in [1.82, 2.24) is 0 Å². The van der Waals surface area contributed by atoms with Crippen molar-refractivity contribution in [2.24, 2.45) is 0 Å². The maximum atomic E-state index is 10.6. The number of carbonyl (C=O) groups excluding carboxylic acids is 1. The summed E-state index contributed by atoms with van der Waals surface area (Å²) in [5, 5.41) is 3.36. The Bertz CT molecular complexity index is 1040. The first-order chi connectivity index (χ1) is 16.5. The summed E-state index contributed by atoms with van der Waals surface area (Å²) in [5.74, 6) is -0.0743. The summed E-state index contributed by atoms with van der Waals surface area (Å²) in [5.41, 5.74) is 32.8. The number of nitrogen functional groups attached to an aromatic ring is 5. The minimum Gasteiger partial charge on any atom is -0.399 e. The molecule has 0 saturated carbocycles. The highest BCUT2D eigenvalue weighted by molar-refractivity contribution is 6.30. The molecular weight excluding hydrogens is 460 g/mol. The number of carbonyl (C=O) groups is 1. The third-order valence-corrected chi connectivity index (χ3v) is 4.33. The van der Waals surface area contributed by atoms with E-state index in [2.05, 4.69) is 5.32 Å². The van der Waals surface area contributed by atoms with Gasteiger partial charge in [-0.2, -0.15) is 0 Å². The number of benzene rings is 4. The topological polar surface area (TPSA) is 159 Å². The van der Waals surface area contributed by atoms with E-state index in [0.717, 1.165) is 33.5 Å². The van der Waals surface area contributed by atoms with Crippen LogP contribution in [-0.2, 0) is 4.79 Å². The Balaban J connectivity index is 0.000000236. The summed E-state index contributed by atoms with van der Waals surface area (Å²) in [4.78, 5) is 10.6. The van der Waals surface area contributed by atoms with E-state index in [9.17, 15) is 4.79 Å². The molecular formula is C27H33ClN6O. The second kappa shape index (κ2) is 15.5. The second-order valence-electron chi connectivity index (χ2n) is 7.44. The predicted octanol–water partition coefficient (Wildman–Crippen LogP) is 5.58. The molecule has 0 saturated heterocycles. The van der Waals surface area contributed by atoms with Gasteiger partial charge in [-0.1, -0.05) is 23.7 Å². The molecule has 0 spiro atoms. The largest absolute Gasteiger partial charge is 0.399 e. The van der Waals surface area contributed by atoms with Crippen LogP contribution in [-0.4, -0.2) is 5.91 Å². The molecule has 1 amide bonds. The zero-order chi connectivity index (χ0) is 26.2. The summed E-state index contributed by atoms with van der Waals surface area (Å²) >= 11 is 5.56. The van der Waals surface area contributed by atoms with Gasteiger partial charge in [-0.3, -0.25) is 4.79 Å². The van der Waals surface area contributed by atoms with Gasteiger partial charge in [-0.15, -0.1) is 0 Å².